The molecule has 27 heavy (non-hydrogen) atoms. The summed E-state index contributed by atoms with van der Waals surface area (Å²) in [6, 6.07) is 5.18. The quantitative estimate of drug-likeness (QED) is 0.520. The molecule has 2 N–H and O–H groups in total. The maximum atomic E-state index is 11.9. The van der Waals surface area contributed by atoms with Crippen LogP contribution in [0.15, 0.2) is 29.6 Å². The summed E-state index contributed by atoms with van der Waals surface area (Å²) in [7, 11) is 6.77. The number of hydrogen-bond donors (Lipinski definition) is 2. The normalized spacial score (nSPS) is 10.7. The molecule has 2 rings (SSSR count). The highest BCUT2D eigenvalue weighted by molar-refractivity contribution is 7.98. The summed E-state index contributed by atoms with van der Waals surface area (Å²) >= 11 is 1.33. The summed E-state index contributed by atoms with van der Waals surface area (Å²) in [6.45, 7) is 0. The van der Waals surface area contributed by atoms with Gasteiger partial charge in [-0.2, -0.15) is 0 Å². The Morgan fingerprint density at radius 2 is 1.81 bits per heavy atom. The van der Waals surface area contributed by atoms with E-state index in [0.29, 0.717) is 28.0 Å². The number of hydrogen-bond acceptors (Lipinski definition) is 8. The number of carboxylic acid groups (broad SMARTS) is 1. The SMILES string of the molecule is COc1cc(Nc2nc(SC)nc(C=CN(C)C)c2C(=O)O)cc(OC)c1. The lowest BCUT2D eigenvalue weighted by molar-refractivity contribution is 0.0696. The minimum Gasteiger partial charge on any atom is -0.497 e. The molecule has 0 unspecified atom stereocenters. The van der Waals surface area contributed by atoms with Crippen molar-refractivity contribution >= 4 is 35.3 Å². The molecule has 1 aromatic heterocycles. The van der Waals surface area contributed by atoms with Crippen molar-refractivity contribution in [3.05, 3.63) is 35.7 Å². The number of methoxy groups -OCH3 is 2. The summed E-state index contributed by atoms with van der Waals surface area (Å²) in [4.78, 5) is 22.4. The van der Waals surface area contributed by atoms with Crippen molar-refractivity contribution in [3.63, 3.8) is 0 Å². The van der Waals surface area contributed by atoms with Gasteiger partial charge in [-0.15, -0.1) is 0 Å². The average Bonchev–Trinajstić information content (AvgIpc) is 2.65. The van der Waals surface area contributed by atoms with E-state index >= 15 is 0 Å². The van der Waals surface area contributed by atoms with Gasteiger partial charge in [0.15, 0.2) is 5.16 Å². The van der Waals surface area contributed by atoms with Crippen LogP contribution in [-0.2, 0) is 0 Å². The average molecular weight is 390 g/mol. The van der Waals surface area contributed by atoms with Crippen LogP contribution in [0.1, 0.15) is 16.1 Å². The van der Waals surface area contributed by atoms with Crippen LogP contribution in [0, 0.1) is 0 Å². The smallest absolute Gasteiger partial charge is 0.341 e. The number of anilines is 2. The van der Waals surface area contributed by atoms with Crippen LogP contribution in [0.3, 0.4) is 0 Å². The van der Waals surface area contributed by atoms with Crippen LogP contribution in [0.2, 0.25) is 0 Å². The van der Waals surface area contributed by atoms with Crippen molar-refractivity contribution in [2.24, 2.45) is 0 Å². The van der Waals surface area contributed by atoms with Gasteiger partial charge in [0.2, 0.25) is 0 Å². The van der Waals surface area contributed by atoms with Gasteiger partial charge in [0.1, 0.15) is 22.9 Å². The molecule has 1 aromatic carbocycles. The molecule has 0 aliphatic carbocycles. The molecule has 8 nitrogen and oxygen atoms in total. The number of nitrogens with one attached hydrogen (secondary N) is 1. The predicted molar refractivity (Wildman–Crippen MR) is 106 cm³/mol. The molecular weight excluding hydrogens is 368 g/mol. The van der Waals surface area contributed by atoms with Crippen molar-refractivity contribution in [1.29, 1.82) is 0 Å². The Morgan fingerprint density at radius 3 is 2.30 bits per heavy atom. The van der Waals surface area contributed by atoms with Crippen molar-refractivity contribution in [2.45, 2.75) is 5.16 Å². The lowest BCUT2D eigenvalue weighted by atomic mass is 10.2. The van der Waals surface area contributed by atoms with Gasteiger partial charge in [-0.25, -0.2) is 14.8 Å². The lowest BCUT2D eigenvalue weighted by Gasteiger charge is -2.14. The number of carbonyl (C=O) groups is 1. The second-order valence-corrected chi connectivity index (χ2v) is 6.40. The van der Waals surface area contributed by atoms with Crippen LogP contribution >= 0.6 is 11.8 Å². The molecule has 0 radical (unpaired) electrons. The largest absolute Gasteiger partial charge is 0.497 e. The third-order valence-electron chi connectivity index (χ3n) is 3.46. The van der Waals surface area contributed by atoms with E-state index in [-0.39, 0.29) is 11.4 Å². The number of thioether (sulfide) groups is 1. The Morgan fingerprint density at radius 1 is 1.19 bits per heavy atom. The summed E-state index contributed by atoms with van der Waals surface area (Å²) in [5, 5.41) is 13.2. The first-order valence-corrected chi connectivity index (χ1v) is 9.14. The molecule has 0 bridgehead atoms. The Labute approximate surface area is 162 Å². The van der Waals surface area contributed by atoms with Crippen LogP contribution in [0.5, 0.6) is 11.5 Å². The topological polar surface area (TPSA) is 96.8 Å². The first-order valence-electron chi connectivity index (χ1n) is 7.92. The summed E-state index contributed by atoms with van der Waals surface area (Å²) in [5.74, 6) is 0.204. The molecule has 2 aromatic rings. The van der Waals surface area contributed by atoms with Crippen molar-refractivity contribution in [3.8, 4) is 11.5 Å². The first kappa shape index (κ1) is 20.4. The summed E-state index contributed by atoms with van der Waals surface area (Å²) < 4.78 is 10.5. The Balaban J connectivity index is 2.58. The maximum Gasteiger partial charge on any atom is 0.341 e. The molecule has 0 fully saturated rings. The van der Waals surface area contributed by atoms with Gasteiger partial charge in [-0.05, 0) is 12.3 Å². The lowest BCUT2D eigenvalue weighted by Crippen LogP contribution is -2.11. The number of benzene rings is 1. The minimum absolute atomic E-state index is 0.0207. The van der Waals surface area contributed by atoms with Gasteiger partial charge in [0.05, 0.1) is 19.9 Å². The molecule has 0 atom stereocenters. The van der Waals surface area contributed by atoms with Gasteiger partial charge in [0.25, 0.3) is 0 Å². The van der Waals surface area contributed by atoms with Crippen LogP contribution in [-0.4, -0.2) is 60.5 Å². The monoisotopic (exact) mass is 390 g/mol. The van der Waals surface area contributed by atoms with Crippen LogP contribution in [0.4, 0.5) is 11.5 Å². The van der Waals surface area contributed by atoms with Gasteiger partial charge in [-0.3, -0.25) is 0 Å². The second kappa shape index (κ2) is 9.13. The minimum atomic E-state index is -1.13. The van der Waals surface area contributed by atoms with Crippen LogP contribution in [0.25, 0.3) is 6.08 Å². The molecule has 9 heteroatoms. The maximum absolute atomic E-state index is 11.9. The van der Waals surface area contributed by atoms with E-state index < -0.39 is 5.97 Å². The molecule has 0 saturated heterocycles. The van der Waals surface area contributed by atoms with Gasteiger partial charge >= 0.3 is 5.97 Å². The van der Waals surface area contributed by atoms with Crippen molar-refractivity contribution in [2.75, 3.05) is 39.9 Å². The van der Waals surface area contributed by atoms with Gasteiger partial charge < -0.3 is 24.8 Å². The molecule has 1 heterocycles. The fourth-order valence-electron chi connectivity index (χ4n) is 2.21. The molecular formula is C18H22N4O4S. The fourth-order valence-corrected chi connectivity index (χ4v) is 2.58. The zero-order chi connectivity index (χ0) is 20.0. The van der Waals surface area contributed by atoms with E-state index in [1.54, 1.807) is 49.6 Å². The number of ether oxygens (including phenoxy) is 2. The summed E-state index contributed by atoms with van der Waals surface area (Å²) in [6.07, 6.45) is 5.20. The molecule has 0 saturated carbocycles. The predicted octanol–water partition coefficient (Wildman–Crippen LogP) is 3.19. The molecule has 144 valence electrons. The number of carboxylic acids is 1. The second-order valence-electron chi connectivity index (χ2n) is 5.63. The van der Waals surface area contributed by atoms with Crippen molar-refractivity contribution in [1.82, 2.24) is 14.9 Å². The van der Waals surface area contributed by atoms with E-state index in [1.807, 2.05) is 20.4 Å². The summed E-state index contributed by atoms with van der Waals surface area (Å²) in [5.41, 5.74) is 0.877. The Kier molecular flexibility index (Phi) is 6.89. The fraction of sp³-hybridized carbons (Fsp3) is 0.278. The van der Waals surface area contributed by atoms with Gasteiger partial charge in [-0.1, -0.05) is 11.8 Å². The third-order valence-corrected chi connectivity index (χ3v) is 4.01. The highest BCUT2D eigenvalue weighted by Gasteiger charge is 2.20. The number of rotatable bonds is 8. The third kappa shape index (κ3) is 5.27. The number of nitrogens with zero attached hydrogens (tertiary/aromatic N) is 3. The molecule has 0 aliphatic rings. The molecule has 0 aliphatic heterocycles. The van der Waals surface area contributed by atoms with Gasteiger partial charge in [0, 0.05) is 44.2 Å². The van der Waals surface area contributed by atoms with E-state index in [4.69, 9.17) is 9.47 Å². The number of aromatic nitrogens is 2. The number of aromatic carboxylic acids is 1. The highest BCUT2D eigenvalue weighted by atomic mass is 32.2. The first-order chi connectivity index (χ1) is 12.9. The highest BCUT2D eigenvalue weighted by Crippen LogP contribution is 2.30. The van der Waals surface area contributed by atoms with Crippen LogP contribution < -0.4 is 14.8 Å². The Bertz CT molecular complexity index is 833. The van der Waals surface area contributed by atoms with Crippen molar-refractivity contribution < 1.29 is 19.4 Å². The zero-order valence-electron chi connectivity index (χ0n) is 15.8. The molecule has 0 spiro atoms. The van der Waals surface area contributed by atoms with E-state index in [2.05, 4.69) is 15.3 Å². The zero-order valence-corrected chi connectivity index (χ0v) is 16.6. The van der Waals surface area contributed by atoms with E-state index in [1.165, 1.54) is 11.8 Å². The van der Waals surface area contributed by atoms with E-state index in [0.717, 1.165) is 0 Å². The molecule has 0 amide bonds. The van der Waals surface area contributed by atoms with E-state index in [9.17, 15) is 9.90 Å². The Hall–Kier alpha value is -2.94. The standard InChI is InChI=1S/C18H22N4O4S/c1-22(2)7-6-14-15(17(23)24)16(21-18(20-14)27-5)19-11-8-12(25-3)10-13(9-11)26-4/h6-10H,1-5H3,(H,23,24)(H,19,20,21).